The summed E-state index contributed by atoms with van der Waals surface area (Å²) in [7, 11) is 1.10. The van der Waals surface area contributed by atoms with Gasteiger partial charge in [0.2, 0.25) is 0 Å². The van der Waals surface area contributed by atoms with Gasteiger partial charge in [0, 0.05) is 7.11 Å². The van der Waals surface area contributed by atoms with Crippen LogP contribution in [0.1, 0.15) is 0 Å². The first-order chi connectivity index (χ1) is 12.1. The average Bonchev–Trinajstić information content (AvgIpc) is 2.58. The molecule has 13 nitrogen and oxygen atoms in total. The van der Waals surface area contributed by atoms with Crippen LogP contribution in [0.2, 0.25) is 0 Å². The van der Waals surface area contributed by atoms with Crippen molar-refractivity contribution in [2.75, 3.05) is 7.11 Å². The van der Waals surface area contributed by atoms with E-state index in [9.17, 15) is 40.2 Å². The predicted molar refractivity (Wildman–Crippen MR) is 74.5 cm³/mol. The van der Waals surface area contributed by atoms with Crippen LogP contribution in [0.5, 0.6) is 0 Å². The smallest absolute Gasteiger partial charge is 0.335 e. The Morgan fingerprint density at radius 2 is 1.23 bits per heavy atom. The van der Waals surface area contributed by atoms with E-state index in [1.165, 1.54) is 0 Å². The lowest BCUT2D eigenvalue weighted by atomic mass is 9.96. The molecule has 0 aromatic carbocycles. The molecule has 2 heterocycles. The highest BCUT2D eigenvalue weighted by Crippen LogP contribution is 2.29. The van der Waals surface area contributed by atoms with Crippen LogP contribution in [0.25, 0.3) is 0 Å². The number of aliphatic hydroxyl groups is 5. The van der Waals surface area contributed by atoms with Crippen LogP contribution < -0.4 is 0 Å². The minimum absolute atomic E-state index is 1.10. The quantitative estimate of drug-likeness (QED) is 0.238. The van der Waals surface area contributed by atoms with Gasteiger partial charge in [-0.2, -0.15) is 0 Å². The second-order valence-electron chi connectivity index (χ2n) is 5.82. The number of carbonyl (C=O) groups is 2. The zero-order valence-corrected chi connectivity index (χ0v) is 13.4. The lowest BCUT2D eigenvalue weighted by Crippen LogP contribution is -2.65. The maximum absolute atomic E-state index is 11.4. The first-order valence-electron chi connectivity index (χ1n) is 7.45. The molecule has 2 aliphatic rings. The van der Waals surface area contributed by atoms with Crippen molar-refractivity contribution in [1.82, 2.24) is 0 Å². The number of ether oxygens (including phenoxy) is 4. The Balaban J connectivity index is 2.22. The van der Waals surface area contributed by atoms with Crippen molar-refractivity contribution in [3.63, 3.8) is 0 Å². The summed E-state index contributed by atoms with van der Waals surface area (Å²) < 4.78 is 19.7. The highest BCUT2D eigenvalue weighted by atomic mass is 16.7. The summed E-state index contributed by atoms with van der Waals surface area (Å²) in [4.78, 5) is 22.4. The molecule has 7 N–H and O–H groups in total. The van der Waals surface area contributed by atoms with Crippen LogP contribution >= 0.6 is 0 Å². The molecular weight excluding hydrogens is 364 g/mol. The third-order valence-electron chi connectivity index (χ3n) is 4.12. The topological polar surface area (TPSA) is 213 Å². The molecule has 0 aromatic heterocycles. The van der Waals surface area contributed by atoms with Gasteiger partial charge in [-0.25, -0.2) is 9.59 Å². The molecule has 0 aromatic rings. The van der Waals surface area contributed by atoms with Crippen molar-refractivity contribution in [1.29, 1.82) is 0 Å². The number of carboxylic acid groups (broad SMARTS) is 2. The van der Waals surface area contributed by atoms with E-state index in [1.54, 1.807) is 0 Å². The Kier molecular flexibility index (Phi) is 6.49. The van der Waals surface area contributed by atoms with Gasteiger partial charge in [0.1, 0.15) is 36.6 Å². The van der Waals surface area contributed by atoms with Crippen molar-refractivity contribution >= 4 is 11.9 Å². The Bertz CT molecular complexity index is 526. The molecule has 2 aliphatic heterocycles. The van der Waals surface area contributed by atoms with Gasteiger partial charge in [-0.15, -0.1) is 0 Å². The van der Waals surface area contributed by atoms with Crippen molar-refractivity contribution in [2.45, 2.75) is 61.4 Å². The number of carboxylic acids is 2. The van der Waals surface area contributed by atoms with Crippen LogP contribution in [0, 0.1) is 0 Å². The summed E-state index contributed by atoms with van der Waals surface area (Å²) in [6.07, 6.45) is -18.6. The molecule has 2 fully saturated rings. The Hall–Kier alpha value is -1.42. The monoisotopic (exact) mass is 384 g/mol. The summed E-state index contributed by atoms with van der Waals surface area (Å²) >= 11 is 0. The van der Waals surface area contributed by atoms with E-state index in [0.717, 1.165) is 7.11 Å². The zero-order valence-electron chi connectivity index (χ0n) is 13.4. The fourth-order valence-electron chi connectivity index (χ4n) is 2.70. The fourth-order valence-corrected chi connectivity index (χ4v) is 2.70. The molecule has 13 heteroatoms. The van der Waals surface area contributed by atoms with Gasteiger partial charge in [-0.1, -0.05) is 0 Å². The molecule has 0 aliphatic carbocycles. The van der Waals surface area contributed by atoms with Gasteiger partial charge < -0.3 is 54.7 Å². The van der Waals surface area contributed by atoms with E-state index in [-0.39, 0.29) is 0 Å². The molecule has 2 saturated heterocycles. The summed E-state index contributed by atoms with van der Waals surface area (Å²) in [6.45, 7) is 0. The van der Waals surface area contributed by atoms with Crippen molar-refractivity contribution in [2.24, 2.45) is 0 Å². The third-order valence-corrected chi connectivity index (χ3v) is 4.12. The Labute approximate surface area is 145 Å². The second kappa shape index (κ2) is 8.08. The van der Waals surface area contributed by atoms with E-state index in [4.69, 9.17) is 24.1 Å². The summed E-state index contributed by atoms with van der Waals surface area (Å²) in [5.74, 6) is -3.28. The number of rotatable bonds is 5. The van der Waals surface area contributed by atoms with Crippen molar-refractivity contribution in [3.05, 3.63) is 0 Å². The lowest BCUT2D eigenvalue weighted by Gasteiger charge is -2.44. The molecule has 0 saturated carbocycles. The maximum Gasteiger partial charge on any atom is 0.335 e. The third kappa shape index (κ3) is 3.80. The van der Waals surface area contributed by atoms with Gasteiger partial charge >= 0.3 is 11.9 Å². The van der Waals surface area contributed by atoms with Crippen LogP contribution in [-0.4, -0.2) is 116 Å². The summed E-state index contributed by atoms with van der Waals surface area (Å²) in [5, 5.41) is 67.4. The van der Waals surface area contributed by atoms with Crippen LogP contribution in [0.15, 0.2) is 0 Å². The Morgan fingerprint density at radius 3 is 1.73 bits per heavy atom. The molecule has 2 rings (SSSR count). The highest BCUT2D eigenvalue weighted by molar-refractivity contribution is 5.74. The van der Waals surface area contributed by atoms with Crippen molar-refractivity contribution < 1.29 is 64.3 Å². The first kappa shape index (κ1) is 20.9. The number of aliphatic carboxylic acids is 2. The minimum Gasteiger partial charge on any atom is -0.479 e. The largest absolute Gasteiger partial charge is 0.479 e. The number of aliphatic hydroxyl groups excluding tert-OH is 5. The second-order valence-corrected chi connectivity index (χ2v) is 5.82. The highest BCUT2D eigenvalue weighted by Gasteiger charge is 2.53. The van der Waals surface area contributed by atoms with Crippen LogP contribution in [-0.2, 0) is 28.5 Å². The van der Waals surface area contributed by atoms with E-state index < -0.39 is 73.4 Å². The molecule has 10 atom stereocenters. The van der Waals surface area contributed by atoms with Gasteiger partial charge in [-0.3, -0.25) is 0 Å². The van der Waals surface area contributed by atoms with E-state index in [1.807, 2.05) is 0 Å². The first-order valence-corrected chi connectivity index (χ1v) is 7.45. The standard InChI is InChI=1S/C13H20O13/c1-23-12-6(18)4(16)7(9(26-12)11(21)22)24-13-5(17)2(14)3(15)8(25-13)10(19)20/h2-9,12-18H,1H3,(H,19,20)(H,21,22)/t2-,3-,4+,5?,6?,7-,8?,9?,12+,13+/m0/s1. The minimum atomic E-state index is -1.99. The summed E-state index contributed by atoms with van der Waals surface area (Å²) in [5.41, 5.74) is 0. The number of hydrogen-bond donors (Lipinski definition) is 7. The van der Waals surface area contributed by atoms with Gasteiger partial charge in [0.05, 0.1) is 0 Å². The van der Waals surface area contributed by atoms with E-state index >= 15 is 0 Å². The molecule has 26 heavy (non-hydrogen) atoms. The molecule has 0 radical (unpaired) electrons. The number of hydrogen-bond acceptors (Lipinski definition) is 11. The molecule has 4 unspecified atom stereocenters. The normalized spacial score (nSPS) is 46.7. The number of methoxy groups -OCH3 is 1. The maximum atomic E-state index is 11.4. The van der Waals surface area contributed by atoms with Gasteiger partial charge in [-0.05, 0) is 0 Å². The van der Waals surface area contributed by atoms with Crippen LogP contribution in [0.3, 0.4) is 0 Å². The van der Waals surface area contributed by atoms with E-state index in [2.05, 4.69) is 0 Å². The SMILES string of the molecule is CO[C@@H]1OC(C(=O)O)[C@@H](O[C@@H]2OC(C(=O)O)[C@@H](O)[C@H](O)C2O)[C@H](O)C1O. The summed E-state index contributed by atoms with van der Waals surface area (Å²) in [6, 6.07) is 0. The Morgan fingerprint density at radius 1 is 0.731 bits per heavy atom. The lowest BCUT2D eigenvalue weighted by molar-refractivity contribution is -0.348. The molecule has 0 amide bonds. The zero-order chi connectivity index (χ0) is 19.8. The molecule has 150 valence electrons. The molecule has 0 spiro atoms. The van der Waals surface area contributed by atoms with E-state index in [0.29, 0.717) is 0 Å². The average molecular weight is 384 g/mol. The predicted octanol–water partition coefficient (Wildman–Crippen LogP) is -4.56. The van der Waals surface area contributed by atoms with Crippen molar-refractivity contribution in [3.8, 4) is 0 Å². The molecular formula is C13H20O13. The van der Waals surface area contributed by atoms with Gasteiger partial charge in [0.15, 0.2) is 24.8 Å². The van der Waals surface area contributed by atoms with Gasteiger partial charge in [0.25, 0.3) is 0 Å². The molecule has 0 bridgehead atoms. The van der Waals surface area contributed by atoms with Crippen LogP contribution in [0.4, 0.5) is 0 Å². The fraction of sp³-hybridized carbons (Fsp3) is 0.846.